The number of ketones is 1. The van der Waals surface area contributed by atoms with Crippen LogP contribution < -0.4 is 0 Å². The predicted molar refractivity (Wildman–Crippen MR) is 64.6 cm³/mol. The minimum absolute atomic E-state index is 0.0352. The fourth-order valence-corrected chi connectivity index (χ4v) is 2.12. The van der Waals surface area contributed by atoms with E-state index in [0.29, 0.717) is 22.4 Å². The van der Waals surface area contributed by atoms with Crippen LogP contribution in [-0.2, 0) is 17.0 Å². The zero-order chi connectivity index (χ0) is 13.0. The van der Waals surface area contributed by atoms with Crippen molar-refractivity contribution in [3.8, 4) is 0 Å². The van der Waals surface area contributed by atoms with Crippen LogP contribution in [0.4, 0.5) is 4.39 Å². The van der Waals surface area contributed by atoms with Crippen molar-refractivity contribution in [2.45, 2.75) is 24.0 Å². The molecule has 0 saturated carbocycles. The average molecular weight is 266 g/mol. The van der Waals surface area contributed by atoms with E-state index in [2.05, 4.69) is 10.1 Å². The largest absolute Gasteiger partial charge is 0.339 e. The van der Waals surface area contributed by atoms with Gasteiger partial charge in [0.15, 0.2) is 5.82 Å². The number of rotatable bonds is 5. The van der Waals surface area contributed by atoms with Crippen molar-refractivity contribution in [3.05, 3.63) is 41.8 Å². The maximum absolute atomic E-state index is 13.3. The van der Waals surface area contributed by atoms with Gasteiger partial charge in [-0.2, -0.15) is 4.98 Å². The SMILES string of the molecule is CC(=O)Cc1nc(CSc2ccccc2F)no1. The molecule has 1 heterocycles. The lowest BCUT2D eigenvalue weighted by atomic mass is 10.3. The fraction of sp³-hybridized carbons (Fsp3) is 0.250. The third-order valence-corrected chi connectivity index (χ3v) is 3.15. The highest BCUT2D eigenvalue weighted by Crippen LogP contribution is 2.24. The van der Waals surface area contributed by atoms with Crippen LogP contribution in [0.1, 0.15) is 18.6 Å². The summed E-state index contributed by atoms with van der Waals surface area (Å²) in [6.07, 6.45) is 0.136. The normalized spacial score (nSPS) is 10.6. The van der Waals surface area contributed by atoms with Gasteiger partial charge in [0.2, 0.25) is 5.89 Å². The van der Waals surface area contributed by atoms with Crippen LogP contribution in [0.15, 0.2) is 33.7 Å². The number of thioether (sulfide) groups is 1. The third-order valence-electron chi connectivity index (χ3n) is 2.10. The summed E-state index contributed by atoms with van der Waals surface area (Å²) in [6.45, 7) is 1.46. The molecule has 4 nitrogen and oxygen atoms in total. The van der Waals surface area contributed by atoms with Gasteiger partial charge in [-0.1, -0.05) is 17.3 Å². The number of aromatic nitrogens is 2. The van der Waals surface area contributed by atoms with Crippen LogP contribution in [0, 0.1) is 5.82 Å². The molecule has 18 heavy (non-hydrogen) atoms. The molecule has 0 saturated heterocycles. The average Bonchev–Trinajstić information content (AvgIpc) is 2.75. The Morgan fingerprint density at radius 2 is 2.22 bits per heavy atom. The van der Waals surface area contributed by atoms with Gasteiger partial charge in [-0.15, -0.1) is 11.8 Å². The maximum Gasteiger partial charge on any atom is 0.234 e. The molecule has 1 aromatic heterocycles. The summed E-state index contributed by atoms with van der Waals surface area (Å²) < 4.78 is 18.2. The molecular weight excluding hydrogens is 255 g/mol. The summed E-state index contributed by atoms with van der Waals surface area (Å²) in [7, 11) is 0. The summed E-state index contributed by atoms with van der Waals surface area (Å²) in [5.74, 6) is 0.857. The van der Waals surface area contributed by atoms with E-state index in [4.69, 9.17) is 4.52 Å². The molecule has 0 N–H and O–H groups in total. The van der Waals surface area contributed by atoms with E-state index in [1.807, 2.05) is 0 Å². The number of Topliss-reactive ketones (excluding diaryl/α,β-unsaturated/α-hetero) is 1. The molecule has 6 heteroatoms. The molecular formula is C12H11FN2O2S. The maximum atomic E-state index is 13.3. The molecule has 0 amide bonds. The zero-order valence-electron chi connectivity index (χ0n) is 9.72. The number of carbonyl (C=O) groups is 1. The first-order valence-electron chi connectivity index (χ1n) is 5.33. The standard InChI is InChI=1S/C12H11FN2O2S/c1-8(16)6-12-14-11(15-17-12)7-18-10-5-3-2-4-9(10)13/h2-5H,6-7H2,1H3. The van der Waals surface area contributed by atoms with E-state index < -0.39 is 0 Å². The van der Waals surface area contributed by atoms with Gasteiger partial charge in [0.05, 0.1) is 12.2 Å². The molecule has 0 aliphatic carbocycles. The van der Waals surface area contributed by atoms with Crippen molar-refractivity contribution in [2.75, 3.05) is 0 Å². The Kier molecular flexibility index (Phi) is 4.09. The molecule has 0 atom stereocenters. The second-order valence-electron chi connectivity index (χ2n) is 3.70. The number of nitrogens with zero attached hydrogens (tertiary/aromatic N) is 2. The van der Waals surface area contributed by atoms with E-state index in [-0.39, 0.29) is 18.0 Å². The summed E-state index contributed by atoms with van der Waals surface area (Å²) in [5, 5.41) is 3.73. The third kappa shape index (κ3) is 3.40. The zero-order valence-corrected chi connectivity index (χ0v) is 10.5. The van der Waals surface area contributed by atoms with Gasteiger partial charge < -0.3 is 4.52 Å². The molecule has 94 valence electrons. The van der Waals surface area contributed by atoms with Gasteiger partial charge in [-0.3, -0.25) is 4.79 Å². The Balaban J connectivity index is 1.96. The van der Waals surface area contributed by atoms with Gasteiger partial charge in [0, 0.05) is 4.90 Å². The van der Waals surface area contributed by atoms with Crippen LogP contribution in [0.2, 0.25) is 0 Å². The second kappa shape index (κ2) is 5.77. The smallest absolute Gasteiger partial charge is 0.234 e. The Bertz CT molecular complexity index is 557. The highest BCUT2D eigenvalue weighted by Gasteiger charge is 2.09. The van der Waals surface area contributed by atoms with Crippen LogP contribution in [0.5, 0.6) is 0 Å². The second-order valence-corrected chi connectivity index (χ2v) is 4.72. The van der Waals surface area contributed by atoms with Crippen molar-refractivity contribution >= 4 is 17.5 Å². The summed E-state index contributed by atoms with van der Waals surface area (Å²) in [4.78, 5) is 15.5. The molecule has 0 fully saturated rings. The molecule has 2 rings (SSSR count). The van der Waals surface area contributed by atoms with E-state index in [1.54, 1.807) is 18.2 Å². The van der Waals surface area contributed by atoms with Gasteiger partial charge in [-0.25, -0.2) is 4.39 Å². The van der Waals surface area contributed by atoms with Gasteiger partial charge >= 0.3 is 0 Å². The van der Waals surface area contributed by atoms with Crippen LogP contribution >= 0.6 is 11.8 Å². The monoisotopic (exact) mass is 266 g/mol. The van der Waals surface area contributed by atoms with E-state index >= 15 is 0 Å². The van der Waals surface area contributed by atoms with Gasteiger partial charge in [-0.05, 0) is 19.1 Å². The van der Waals surface area contributed by atoms with Gasteiger partial charge in [0.1, 0.15) is 11.6 Å². The highest BCUT2D eigenvalue weighted by molar-refractivity contribution is 7.98. The molecule has 0 bridgehead atoms. The fourth-order valence-electron chi connectivity index (χ4n) is 1.34. The van der Waals surface area contributed by atoms with Crippen molar-refractivity contribution in [1.29, 1.82) is 0 Å². The van der Waals surface area contributed by atoms with Gasteiger partial charge in [0.25, 0.3) is 0 Å². The van der Waals surface area contributed by atoms with Crippen LogP contribution in [0.25, 0.3) is 0 Å². The van der Waals surface area contributed by atoms with Crippen LogP contribution in [-0.4, -0.2) is 15.9 Å². The van der Waals surface area contributed by atoms with Crippen molar-refractivity contribution in [2.24, 2.45) is 0 Å². The Hall–Kier alpha value is -1.69. The summed E-state index contributed by atoms with van der Waals surface area (Å²) >= 11 is 1.29. The Labute approximate surface area is 108 Å². The minimum Gasteiger partial charge on any atom is -0.339 e. The summed E-state index contributed by atoms with van der Waals surface area (Å²) in [5.41, 5.74) is 0. The molecule has 0 unspecified atom stereocenters. The molecule has 0 radical (unpaired) electrons. The molecule has 0 aliphatic rings. The quantitative estimate of drug-likeness (QED) is 0.779. The predicted octanol–water partition coefficient (Wildman–Crippen LogP) is 2.63. The molecule has 1 aromatic carbocycles. The first-order chi connectivity index (χ1) is 8.65. The number of halogens is 1. The number of hydrogen-bond acceptors (Lipinski definition) is 5. The van der Waals surface area contributed by atoms with Crippen LogP contribution in [0.3, 0.4) is 0 Å². The summed E-state index contributed by atoms with van der Waals surface area (Å²) in [6, 6.07) is 6.50. The lowest BCUT2D eigenvalue weighted by molar-refractivity contribution is -0.116. The molecule has 2 aromatic rings. The van der Waals surface area contributed by atoms with Crippen molar-refractivity contribution in [1.82, 2.24) is 10.1 Å². The lowest BCUT2D eigenvalue weighted by Gasteiger charge is -1.99. The van der Waals surface area contributed by atoms with Crippen molar-refractivity contribution in [3.63, 3.8) is 0 Å². The number of hydrogen-bond donors (Lipinski definition) is 0. The molecule has 0 spiro atoms. The van der Waals surface area contributed by atoms with E-state index in [9.17, 15) is 9.18 Å². The van der Waals surface area contributed by atoms with E-state index in [1.165, 1.54) is 24.8 Å². The van der Waals surface area contributed by atoms with E-state index in [0.717, 1.165) is 0 Å². The lowest BCUT2D eigenvalue weighted by Crippen LogP contribution is -1.96. The highest BCUT2D eigenvalue weighted by atomic mass is 32.2. The minimum atomic E-state index is -0.269. The Morgan fingerprint density at radius 1 is 1.44 bits per heavy atom. The molecule has 0 aliphatic heterocycles. The first-order valence-corrected chi connectivity index (χ1v) is 6.32. The van der Waals surface area contributed by atoms with Crippen molar-refractivity contribution < 1.29 is 13.7 Å². The first kappa shape index (κ1) is 12.8. The topological polar surface area (TPSA) is 56.0 Å². The number of benzene rings is 1. The number of carbonyl (C=O) groups excluding carboxylic acids is 1. The Morgan fingerprint density at radius 3 is 2.94 bits per heavy atom.